The number of ether oxygens (including phenoxy) is 1. The summed E-state index contributed by atoms with van der Waals surface area (Å²) in [6, 6.07) is 0. The molecule has 0 fully saturated rings. The Balaban J connectivity index is 3.12. The van der Waals surface area contributed by atoms with Gasteiger partial charge < -0.3 is 14.6 Å². The first-order chi connectivity index (χ1) is 11.3. The van der Waals surface area contributed by atoms with Crippen molar-refractivity contribution in [2.75, 3.05) is 6.61 Å². The monoisotopic (exact) mass is 589 g/mol. The van der Waals surface area contributed by atoms with Gasteiger partial charge in [-0.05, 0) is 76.1 Å². The second kappa shape index (κ2) is 10.3. The zero-order valence-corrected chi connectivity index (χ0v) is 19.6. The number of carbonyl (C=O) groups is 2. The van der Waals surface area contributed by atoms with Crippen molar-refractivity contribution in [3.05, 3.63) is 29.0 Å². The van der Waals surface area contributed by atoms with Gasteiger partial charge in [-0.3, -0.25) is 0 Å². The lowest BCUT2D eigenvalue weighted by molar-refractivity contribution is -0.255. The molecule has 0 heterocycles. The predicted molar refractivity (Wildman–Crippen MR) is 105 cm³/mol. The number of halogens is 4. The van der Waals surface area contributed by atoms with Gasteiger partial charge in [0.15, 0.2) is 0 Å². The molecular formula is C16H17Br4O4-. The Bertz CT molecular complexity index is 631. The second-order valence-electron chi connectivity index (χ2n) is 5.31. The summed E-state index contributed by atoms with van der Waals surface area (Å²) in [4.78, 5) is 24.0. The Morgan fingerprint density at radius 2 is 1.54 bits per heavy atom. The molecule has 1 aromatic carbocycles. The van der Waals surface area contributed by atoms with Gasteiger partial charge in [-0.25, -0.2) is 4.79 Å². The molecule has 0 saturated carbocycles. The highest BCUT2D eigenvalue weighted by Crippen LogP contribution is 2.42. The lowest BCUT2D eigenvalue weighted by Crippen LogP contribution is -2.27. The predicted octanol–water partition coefficient (Wildman–Crippen LogP) is 5.47. The van der Waals surface area contributed by atoms with Crippen LogP contribution in [-0.4, -0.2) is 18.5 Å². The maximum atomic E-state index is 12.5. The van der Waals surface area contributed by atoms with Crippen LogP contribution in [0.15, 0.2) is 17.9 Å². The normalized spacial score (nSPS) is 12.1. The van der Waals surface area contributed by atoms with E-state index >= 15 is 0 Å². The van der Waals surface area contributed by atoms with Crippen LogP contribution < -0.4 is 5.11 Å². The molecule has 4 nitrogen and oxygen atoms in total. The van der Waals surface area contributed by atoms with Crippen molar-refractivity contribution in [3.63, 3.8) is 0 Å². The van der Waals surface area contributed by atoms with E-state index in [9.17, 15) is 14.7 Å². The molecule has 0 saturated heterocycles. The van der Waals surface area contributed by atoms with Crippen LogP contribution in [0, 0.1) is 5.92 Å². The van der Waals surface area contributed by atoms with E-state index in [1.807, 2.05) is 6.92 Å². The average Bonchev–Trinajstić information content (AvgIpc) is 2.55. The first-order valence-corrected chi connectivity index (χ1v) is 10.7. The Hall–Kier alpha value is 0.0800. The minimum atomic E-state index is -1.46. The average molecular weight is 593 g/mol. The molecule has 8 heteroatoms. The van der Waals surface area contributed by atoms with Crippen LogP contribution in [0.4, 0.5) is 0 Å². The highest BCUT2D eigenvalue weighted by atomic mass is 79.9. The van der Waals surface area contributed by atoms with Gasteiger partial charge in [0.2, 0.25) is 0 Å². The third-order valence-electron chi connectivity index (χ3n) is 3.67. The van der Waals surface area contributed by atoms with Crippen LogP contribution in [-0.2, 0) is 4.74 Å². The van der Waals surface area contributed by atoms with Crippen LogP contribution in [0.2, 0.25) is 0 Å². The fourth-order valence-corrected chi connectivity index (χ4v) is 4.62. The Morgan fingerprint density at radius 3 is 2.00 bits per heavy atom. The van der Waals surface area contributed by atoms with Crippen LogP contribution in [0.1, 0.15) is 60.2 Å². The molecule has 0 spiro atoms. The van der Waals surface area contributed by atoms with Crippen LogP contribution >= 0.6 is 63.7 Å². The number of rotatable bonds is 8. The van der Waals surface area contributed by atoms with Gasteiger partial charge in [-0.2, -0.15) is 0 Å². The van der Waals surface area contributed by atoms with Gasteiger partial charge >= 0.3 is 5.97 Å². The molecule has 24 heavy (non-hydrogen) atoms. The molecule has 1 aromatic rings. The second-order valence-corrected chi connectivity index (χ2v) is 8.48. The van der Waals surface area contributed by atoms with E-state index in [4.69, 9.17) is 4.74 Å². The van der Waals surface area contributed by atoms with E-state index in [1.165, 1.54) is 0 Å². The number of hydrogen-bond acceptors (Lipinski definition) is 4. The smallest absolute Gasteiger partial charge is 0.340 e. The number of carbonyl (C=O) groups excluding carboxylic acids is 2. The van der Waals surface area contributed by atoms with Crippen LogP contribution in [0.3, 0.4) is 0 Å². The van der Waals surface area contributed by atoms with Crippen molar-refractivity contribution in [1.82, 2.24) is 0 Å². The SMILES string of the molecule is CCCCC(CC)COC(=O)c1c(Br)c(Br)c(Br)c(Br)c1C(=O)[O-]. The fraction of sp³-hybridized carbons (Fsp3) is 0.500. The zero-order valence-electron chi connectivity index (χ0n) is 13.3. The maximum absolute atomic E-state index is 12.5. The quantitative estimate of drug-likeness (QED) is 0.228. The molecule has 0 radical (unpaired) electrons. The number of carboxylic acid groups (broad SMARTS) is 1. The fourth-order valence-electron chi connectivity index (χ4n) is 2.18. The highest BCUT2D eigenvalue weighted by molar-refractivity contribution is 9.15. The number of aromatic carboxylic acids is 1. The van der Waals surface area contributed by atoms with Crippen LogP contribution in [0.5, 0.6) is 0 Å². The summed E-state index contributed by atoms with van der Waals surface area (Å²) in [6.45, 7) is 4.42. The van der Waals surface area contributed by atoms with Gasteiger partial charge in [0.05, 0.1) is 18.1 Å². The zero-order chi connectivity index (χ0) is 18.4. The van der Waals surface area contributed by atoms with E-state index < -0.39 is 11.9 Å². The first-order valence-electron chi connectivity index (χ1n) is 7.50. The van der Waals surface area contributed by atoms with E-state index in [1.54, 1.807) is 0 Å². The third kappa shape index (κ3) is 5.29. The molecule has 0 aliphatic rings. The molecule has 1 rings (SSSR count). The molecule has 0 aromatic heterocycles. The van der Waals surface area contributed by atoms with Crippen molar-refractivity contribution in [3.8, 4) is 0 Å². The molecule has 1 unspecified atom stereocenters. The maximum Gasteiger partial charge on any atom is 0.340 e. The summed E-state index contributed by atoms with van der Waals surface area (Å²) < 4.78 is 6.91. The van der Waals surface area contributed by atoms with E-state index in [0.29, 0.717) is 13.4 Å². The number of hydrogen-bond donors (Lipinski definition) is 0. The lowest BCUT2D eigenvalue weighted by atomic mass is 10.0. The summed E-state index contributed by atoms with van der Waals surface area (Å²) in [6.07, 6.45) is 4.02. The first kappa shape index (κ1) is 22.1. The molecule has 134 valence electrons. The summed E-state index contributed by atoms with van der Waals surface area (Å²) in [5, 5.41) is 11.5. The molecule has 0 bridgehead atoms. The van der Waals surface area contributed by atoms with Gasteiger partial charge in [0.25, 0.3) is 0 Å². The van der Waals surface area contributed by atoms with Gasteiger partial charge in [-0.15, -0.1) is 0 Å². The van der Waals surface area contributed by atoms with E-state index in [-0.39, 0.29) is 28.1 Å². The molecule has 0 N–H and O–H groups in total. The summed E-state index contributed by atoms with van der Waals surface area (Å²) in [5.74, 6) is -1.88. The number of benzene rings is 1. The molecule has 0 aliphatic carbocycles. The van der Waals surface area contributed by atoms with Crippen molar-refractivity contribution >= 4 is 75.7 Å². The van der Waals surface area contributed by atoms with Gasteiger partial charge in [-0.1, -0.05) is 33.1 Å². The van der Waals surface area contributed by atoms with Crippen molar-refractivity contribution in [1.29, 1.82) is 0 Å². The van der Waals surface area contributed by atoms with E-state index in [0.717, 1.165) is 25.7 Å². The highest BCUT2D eigenvalue weighted by Gasteiger charge is 2.26. The number of esters is 1. The van der Waals surface area contributed by atoms with E-state index in [2.05, 4.69) is 70.6 Å². The number of carboxylic acids is 1. The third-order valence-corrected chi connectivity index (χ3v) is 8.44. The largest absolute Gasteiger partial charge is 0.545 e. The Labute approximate surface area is 175 Å². The Morgan fingerprint density at radius 1 is 1.00 bits per heavy atom. The summed E-state index contributed by atoms with van der Waals surface area (Å²) >= 11 is 13.0. The molecule has 0 amide bonds. The van der Waals surface area contributed by atoms with Crippen molar-refractivity contribution in [2.24, 2.45) is 5.92 Å². The van der Waals surface area contributed by atoms with Gasteiger partial charge in [0, 0.05) is 23.5 Å². The minimum Gasteiger partial charge on any atom is -0.545 e. The molecule has 1 atom stereocenters. The van der Waals surface area contributed by atoms with Crippen molar-refractivity contribution < 1.29 is 19.4 Å². The lowest BCUT2D eigenvalue weighted by Gasteiger charge is -2.19. The van der Waals surface area contributed by atoms with Gasteiger partial charge in [0.1, 0.15) is 0 Å². The summed E-state index contributed by atoms with van der Waals surface area (Å²) in [7, 11) is 0. The number of unbranched alkanes of at least 4 members (excludes halogenated alkanes) is 1. The molecular weight excluding hydrogens is 576 g/mol. The Kier molecular flexibility index (Phi) is 9.48. The standard InChI is InChI=1S/C16H18Br4O4/c1-3-5-6-8(4-2)7-24-16(23)10-9(15(21)22)11(17)13(19)14(20)12(10)18/h8H,3-7H2,1-2H3,(H,21,22)/p-1. The summed E-state index contributed by atoms with van der Waals surface area (Å²) in [5.41, 5.74) is -0.314. The molecule has 0 aliphatic heterocycles. The van der Waals surface area contributed by atoms with Crippen LogP contribution in [0.25, 0.3) is 0 Å². The minimum absolute atomic E-state index is 0.0673. The topological polar surface area (TPSA) is 66.4 Å². The van der Waals surface area contributed by atoms with Crippen molar-refractivity contribution in [2.45, 2.75) is 39.5 Å².